The maximum Gasteiger partial charge on any atom is 0.262 e. The van der Waals surface area contributed by atoms with E-state index in [-0.39, 0.29) is 18.6 Å². The number of nitrogens with one attached hydrogen (secondary N) is 1. The minimum atomic E-state index is -0.186. The summed E-state index contributed by atoms with van der Waals surface area (Å²) in [6.07, 6.45) is 3.36. The molecule has 20 heavy (non-hydrogen) atoms. The molecule has 1 aliphatic carbocycles. The van der Waals surface area contributed by atoms with Crippen LogP contribution < -0.4 is 5.32 Å². The van der Waals surface area contributed by atoms with Gasteiger partial charge in [0, 0.05) is 11.6 Å². The molecule has 2 rings (SSSR count). The lowest BCUT2D eigenvalue weighted by molar-refractivity contribution is 0.0915. The van der Waals surface area contributed by atoms with Gasteiger partial charge < -0.3 is 10.4 Å². The SMILES string of the molecule is CC1CC(C)CC(NC(=O)c2sccc2C#CCO)C1. The van der Waals surface area contributed by atoms with Crippen LogP contribution >= 0.6 is 11.3 Å². The first-order valence-corrected chi connectivity index (χ1v) is 7.96. The molecule has 1 aromatic heterocycles. The van der Waals surface area contributed by atoms with Gasteiger partial charge >= 0.3 is 0 Å². The van der Waals surface area contributed by atoms with Crippen LogP contribution in [-0.4, -0.2) is 23.7 Å². The largest absolute Gasteiger partial charge is 0.384 e. The van der Waals surface area contributed by atoms with Crippen LogP contribution in [0.25, 0.3) is 0 Å². The third-order valence-corrected chi connectivity index (χ3v) is 4.60. The minimum absolute atomic E-state index is 0.0338. The first-order valence-electron chi connectivity index (χ1n) is 7.08. The molecule has 2 atom stereocenters. The Balaban J connectivity index is 2.03. The molecule has 0 saturated heterocycles. The molecule has 0 spiro atoms. The number of carbonyl (C=O) groups excluding carboxylic acids is 1. The van der Waals surface area contributed by atoms with Gasteiger partial charge in [0.2, 0.25) is 0 Å². The number of hydrogen-bond donors (Lipinski definition) is 2. The molecule has 1 aliphatic rings. The molecule has 1 amide bonds. The van der Waals surface area contributed by atoms with Gasteiger partial charge in [-0.1, -0.05) is 25.7 Å². The second kappa shape index (κ2) is 6.92. The molecule has 1 aromatic rings. The monoisotopic (exact) mass is 291 g/mol. The first-order chi connectivity index (χ1) is 9.60. The van der Waals surface area contributed by atoms with Gasteiger partial charge in [-0.3, -0.25) is 4.79 Å². The van der Waals surface area contributed by atoms with E-state index in [1.807, 2.05) is 11.4 Å². The van der Waals surface area contributed by atoms with Crippen LogP contribution in [0.3, 0.4) is 0 Å². The van der Waals surface area contributed by atoms with Crippen molar-refractivity contribution < 1.29 is 9.90 Å². The summed E-state index contributed by atoms with van der Waals surface area (Å²) in [4.78, 5) is 13.0. The fraction of sp³-hybridized carbons (Fsp3) is 0.562. The first kappa shape index (κ1) is 15.1. The summed E-state index contributed by atoms with van der Waals surface area (Å²) in [6, 6.07) is 2.09. The molecule has 0 bridgehead atoms. The van der Waals surface area contributed by atoms with Crippen LogP contribution in [0, 0.1) is 23.7 Å². The molecule has 1 heterocycles. The van der Waals surface area contributed by atoms with Crippen molar-refractivity contribution in [2.24, 2.45) is 11.8 Å². The van der Waals surface area contributed by atoms with Crippen LogP contribution in [0.1, 0.15) is 48.3 Å². The molecule has 3 nitrogen and oxygen atoms in total. The van der Waals surface area contributed by atoms with Crippen molar-refractivity contribution in [2.45, 2.75) is 39.2 Å². The molecule has 1 saturated carbocycles. The molecule has 4 heteroatoms. The average Bonchev–Trinajstić information content (AvgIpc) is 2.83. The predicted octanol–water partition coefficient (Wildman–Crippen LogP) is 2.65. The van der Waals surface area contributed by atoms with Crippen molar-refractivity contribution in [3.05, 3.63) is 21.9 Å². The molecule has 2 unspecified atom stereocenters. The Bertz CT molecular complexity index is 516. The van der Waals surface area contributed by atoms with Crippen molar-refractivity contribution in [1.29, 1.82) is 0 Å². The highest BCUT2D eigenvalue weighted by Gasteiger charge is 2.26. The highest BCUT2D eigenvalue weighted by atomic mass is 32.1. The van der Waals surface area contributed by atoms with Gasteiger partial charge in [-0.2, -0.15) is 0 Å². The third-order valence-electron chi connectivity index (χ3n) is 3.69. The summed E-state index contributed by atoms with van der Waals surface area (Å²) >= 11 is 1.40. The molecular weight excluding hydrogens is 270 g/mol. The number of aliphatic hydroxyl groups is 1. The van der Waals surface area contributed by atoms with E-state index < -0.39 is 0 Å². The Hall–Kier alpha value is -1.31. The van der Waals surface area contributed by atoms with Gasteiger partial charge in [0.15, 0.2) is 0 Å². The number of thiophene rings is 1. The number of hydrogen-bond acceptors (Lipinski definition) is 3. The number of aliphatic hydroxyl groups excluding tert-OH is 1. The number of carbonyl (C=O) groups is 1. The molecule has 2 N–H and O–H groups in total. The van der Waals surface area contributed by atoms with Gasteiger partial charge in [-0.05, 0) is 42.5 Å². The van der Waals surface area contributed by atoms with Crippen LogP contribution in [0.2, 0.25) is 0 Å². The molecular formula is C16H21NO2S. The summed E-state index contributed by atoms with van der Waals surface area (Å²) in [5.74, 6) is 6.73. The molecule has 0 aliphatic heterocycles. The lowest BCUT2D eigenvalue weighted by Gasteiger charge is -2.31. The third kappa shape index (κ3) is 3.84. The van der Waals surface area contributed by atoms with Gasteiger partial charge in [0.05, 0.1) is 0 Å². The topological polar surface area (TPSA) is 49.3 Å². The minimum Gasteiger partial charge on any atom is -0.384 e. The van der Waals surface area contributed by atoms with E-state index in [9.17, 15) is 4.79 Å². The smallest absolute Gasteiger partial charge is 0.262 e. The van der Waals surface area contributed by atoms with E-state index >= 15 is 0 Å². The highest BCUT2D eigenvalue weighted by molar-refractivity contribution is 7.12. The fourth-order valence-electron chi connectivity index (χ4n) is 3.03. The number of rotatable bonds is 2. The lowest BCUT2D eigenvalue weighted by atomic mass is 9.80. The van der Waals surface area contributed by atoms with E-state index in [1.54, 1.807) is 0 Å². The van der Waals surface area contributed by atoms with Crippen molar-refractivity contribution >= 4 is 17.2 Å². The van der Waals surface area contributed by atoms with Gasteiger partial charge in [-0.15, -0.1) is 11.3 Å². The van der Waals surface area contributed by atoms with Gasteiger partial charge in [-0.25, -0.2) is 0 Å². The maximum absolute atomic E-state index is 12.3. The standard InChI is InChI=1S/C16H21NO2S/c1-11-8-12(2)10-14(9-11)17-16(19)15-13(4-3-6-18)5-7-20-15/h5,7,11-12,14,18H,6,8-10H2,1-2H3,(H,17,19). The maximum atomic E-state index is 12.3. The zero-order valence-corrected chi connectivity index (χ0v) is 12.8. The predicted molar refractivity (Wildman–Crippen MR) is 81.7 cm³/mol. The van der Waals surface area contributed by atoms with Crippen molar-refractivity contribution in [2.75, 3.05) is 6.61 Å². The second-order valence-electron chi connectivity index (χ2n) is 5.71. The summed E-state index contributed by atoms with van der Waals surface area (Å²) in [5.41, 5.74) is 0.707. The summed E-state index contributed by atoms with van der Waals surface area (Å²) in [5, 5.41) is 13.7. The van der Waals surface area contributed by atoms with Crippen LogP contribution in [-0.2, 0) is 0 Å². The van der Waals surface area contributed by atoms with Crippen molar-refractivity contribution in [3.8, 4) is 11.8 Å². The summed E-state index contributed by atoms with van der Waals surface area (Å²) in [6.45, 7) is 4.31. The molecule has 0 aromatic carbocycles. The zero-order chi connectivity index (χ0) is 14.5. The second-order valence-corrected chi connectivity index (χ2v) is 6.63. The Morgan fingerprint density at radius 2 is 2.10 bits per heavy atom. The Morgan fingerprint density at radius 1 is 1.40 bits per heavy atom. The fourth-order valence-corrected chi connectivity index (χ4v) is 3.79. The summed E-state index contributed by atoms with van der Waals surface area (Å²) in [7, 11) is 0. The highest BCUT2D eigenvalue weighted by Crippen LogP contribution is 2.29. The van der Waals surface area contributed by atoms with Gasteiger partial charge in [0.25, 0.3) is 5.91 Å². The molecule has 0 radical (unpaired) electrons. The van der Waals surface area contributed by atoms with E-state index in [2.05, 4.69) is 31.0 Å². The average molecular weight is 291 g/mol. The Morgan fingerprint density at radius 3 is 2.75 bits per heavy atom. The zero-order valence-electron chi connectivity index (χ0n) is 12.0. The van der Waals surface area contributed by atoms with E-state index in [1.165, 1.54) is 17.8 Å². The van der Waals surface area contributed by atoms with Crippen molar-refractivity contribution in [3.63, 3.8) is 0 Å². The van der Waals surface area contributed by atoms with Gasteiger partial charge in [0.1, 0.15) is 11.5 Å². The van der Waals surface area contributed by atoms with E-state index in [0.29, 0.717) is 22.3 Å². The Kier molecular flexibility index (Phi) is 5.22. The quantitative estimate of drug-likeness (QED) is 0.823. The Labute approximate surface area is 124 Å². The van der Waals surface area contributed by atoms with E-state index in [4.69, 9.17) is 5.11 Å². The molecule has 1 fully saturated rings. The van der Waals surface area contributed by atoms with Crippen LogP contribution in [0.5, 0.6) is 0 Å². The van der Waals surface area contributed by atoms with Crippen molar-refractivity contribution in [1.82, 2.24) is 5.32 Å². The normalized spacial score (nSPS) is 25.6. The van der Waals surface area contributed by atoms with E-state index in [0.717, 1.165) is 12.8 Å². The molecule has 108 valence electrons. The number of amides is 1. The lowest BCUT2D eigenvalue weighted by Crippen LogP contribution is -2.39. The van der Waals surface area contributed by atoms with Crippen LogP contribution in [0.15, 0.2) is 11.4 Å². The summed E-state index contributed by atoms with van der Waals surface area (Å²) < 4.78 is 0. The van der Waals surface area contributed by atoms with Crippen LogP contribution in [0.4, 0.5) is 0 Å².